The number of rotatable bonds is 7. The van der Waals surface area contributed by atoms with Crippen LogP contribution in [0.15, 0.2) is 65.5 Å². The number of anilines is 2. The van der Waals surface area contributed by atoms with Crippen LogP contribution in [0.3, 0.4) is 0 Å². The van der Waals surface area contributed by atoms with E-state index in [0.717, 1.165) is 29.8 Å². The number of halogens is 3. The van der Waals surface area contributed by atoms with E-state index in [-0.39, 0.29) is 11.7 Å². The number of amides is 1. The molecule has 1 fully saturated rings. The highest BCUT2D eigenvalue weighted by molar-refractivity contribution is 9.10. The molecule has 1 aliphatic rings. The SMILES string of the molecule is NCC1CCN(C(=O)c2ccc(Nc3nccn4c(-c5ccc(OC(F)F)cc5)cnc34)cc2Br)CC1. The number of hydrogen-bond donors (Lipinski definition) is 2. The van der Waals surface area contributed by atoms with Gasteiger partial charge in [0, 0.05) is 41.2 Å². The Labute approximate surface area is 220 Å². The van der Waals surface area contributed by atoms with Gasteiger partial charge in [0.1, 0.15) is 5.75 Å². The fourth-order valence-corrected chi connectivity index (χ4v) is 5.02. The third-order valence-corrected chi connectivity index (χ3v) is 7.16. The zero-order chi connectivity index (χ0) is 25.9. The quantitative estimate of drug-likeness (QED) is 0.312. The summed E-state index contributed by atoms with van der Waals surface area (Å²) >= 11 is 3.55. The summed E-state index contributed by atoms with van der Waals surface area (Å²) in [4.78, 5) is 23.9. The maximum absolute atomic E-state index is 13.0. The van der Waals surface area contributed by atoms with Gasteiger partial charge in [0.2, 0.25) is 0 Å². The van der Waals surface area contributed by atoms with E-state index in [1.807, 2.05) is 21.4 Å². The second-order valence-corrected chi connectivity index (χ2v) is 9.66. The first-order valence-corrected chi connectivity index (χ1v) is 12.7. The van der Waals surface area contributed by atoms with Crippen molar-refractivity contribution >= 4 is 39.0 Å². The molecule has 3 heterocycles. The number of piperidine rings is 1. The molecule has 2 aromatic carbocycles. The summed E-state index contributed by atoms with van der Waals surface area (Å²) in [5, 5.41) is 3.28. The Kier molecular flexibility index (Phi) is 7.33. The van der Waals surface area contributed by atoms with Crippen LogP contribution >= 0.6 is 15.9 Å². The predicted molar refractivity (Wildman–Crippen MR) is 140 cm³/mol. The van der Waals surface area contributed by atoms with Gasteiger partial charge < -0.3 is 20.7 Å². The van der Waals surface area contributed by atoms with Crippen LogP contribution in [-0.4, -0.2) is 51.4 Å². The summed E-state index contributed by atoms with van der Waals surface area (Å²) < 4.78 is 31.9. The minimum atomic E-state index is -2.87. The van der Waals surface area contributed by atoms with Crippen molar-refractivity contribution in [2.75, 3.05) is 25.0 Å². The van der Waals surface area contributed by atoms with Crippen molar-refractivity contribution in [2.45, 2.75) is 19.5 Å². The molecule has 2 aromatic heterocycles. The number of nitrogens with one attached hydrogen (secondary N) is 1. The molecule has 0 bridgehead atoms. The summed E-state index contributed by atoms with van der Waals surface area (Å²) in [5.74, 6) is 1.10. The molecule has 1 amide bonds. The number of alkyl halides is 2. The van der Waals surface area contributed by atoms with Crippen molar-refractivity contribution in [1.82, 2.24) is 19.3 Å². The lowest BCUT2D eigenvalue weighted by atomic mass is 9.96. The molecule has 1 saturated heterocycles. The minimum absolute atomic E-state index is 0.00279. The van der Waals surface area contributed by atoms with Gasteiger partial charge in [-0.1, -0.05) is 0 Å². The van der Waals surface area contributed by atoms with Gasteiger partial charge in [-0.25, -0.2) is 9.97 Å². The number of hydrogen-bond acceptors (Lipinski definition) is 6. The fourth-order valence-electron chi connectivity index (χ4n) is 4.47. The molecule has 0 saturated carbocycles. The lowest BCUT2D eigenvalue weighted by Crippen LogP contribution is -2.40. The average Bonchev–Trinajstić information content (AvgIpc) is 3.34. The van der Waals surface area contributed by atoms with Crippen LogP contribution in [-0.2, 0) is 0 Å². The third-order valence-electron chi connectivity index (χ3n) is 6.50. The summed E-state index contributed by atoms with van der Waals surface area (Å²) in [7, 11) is 0. The molecule has 0 unspecified atom stereocenters. The van der Waals surface area contributed by atoms with Crippen LogP contribution < -0.4 is 15.8 Å². The number of fused-ring (bicyclic) bond motifs is 1. The van der Waals surface area contributed by atoms with Crippen LogP contribution in [0.25, 0.3) is 16.9 Å². The summed E-state index contributed by atoms with van der Waals surface area (Å²) in [6, 6.07) is 11.8. The van der Waals surface area contributed by atoms with Crippen molar-refractivity contribution in [3.8, 4) is 17.0 Å². The lowest BCUT2D eigenvalue weighted by molar-refractivity contribution is -0.0498. The fraction of sp³-hybridized carbons (Fsp3) is 0.269. The molecule has 37 heavy (non-hydrogen) atoms. The van der Waals surface area contributed by atoms with E-state index >= 15 is 0 Å². The molecule has 0 spiro atoms. The first-order valence-electron chi connectivity index (χ1n) is 11.9. The minimum Gasteiger partial charge on any atom is -0.435 e. The smallest absolute Gasteiger partial charge is 0.387 e. The lowest BCUT2D eigenvalue weighted by Gasteiger charge is -2.31. The van der Waals surface area contributed by atoms with Gasteiger partial charge in [-0.15, -0.1) is 0 Å². The average molecular weight is 571 g/mol. The van der Waals surface area contributed by atoms with Crippen LogP contribution in [0.2, 0.25) is 0 Å². The highest BCUT2D eigenvalue weighted by atomic mass is 79.9. The number of benzene rings is 2. The van der Waals surface area contributed by atoms with E-state index < -0.39 is 6.61 Å². The Hall–Kier alpha value is -3.57. The van der Waals surface area contributed by atoms with Crippen molar-refractivity contribution in [2.24, 2.45) is 11.7 Å². The Morgan fingerprint density at radius 1 is 1.16 bits per heavy atom. The van der Waals surface area contributed by atoms with Crippen LogP contribution in [0.5, 0.6) is 5.75 Å². The molecule has 11 heteroatoms. The molecule has 5 rings (SSSR count). The van der Waals surface area contributed by atoms with Gasteiger partial charge in [0.05, 0.1) is 17.5 Å². The molecule has 0 atom stereocenters. The summed E-state index contributed by atoms with van der Waals surface area (Å²) in [5.41, 5.74) is 9.25. The molecular formula is C26H25BrF2N6O2. The number of carbonyl (C=O) groups excluding carboxylic acids is 1. The normalized spacial score (nSPS) is 14.4. The largest absolute Gasteiger partial charge is 0.435 e. The Balaban J connectivity index is 1.34. The first kappa shape index (κ1) is 25.1. The number of nitrogens with zero attached hydrogens (tertiary/aromatic N) is 4. The van der Waals surface area contributed by atoms with Crippen LogP contribution in [0.1, 0.15) is 23.2 Å². The molecule has 1 aliphatic heterocycles. The monoisotopic (exact) mass is 570 g/mol. The number of aromatic nitrogens is 3. The van der Waals surface area contributed by atoms with E-state index in [1.165, 1.54) is 12.1 Å². The van der Waals surface area contributed by atoms with Crippen molar-refractivity contribution < 1.29 is 18.3 Å². The van der Waals surface area contributed by atoms with E-state index in [9.17, 15) is 13.6 Å². The molecule has 192 valence electrons. The Morgan fingerprint density at radius 2 is 1.92 bits per heavy atom. The number of nitrogens with two attached hydrogens (primary N) is 1. The van der Waals surface area contributed by atoms with E-state index in [1.54, 1.807) is 36.8 Å². The maximum atomic E-state index is 13.0. The van der Waals surface area contributed by atoms with Crippen LogP contribution in [0.4, 0.5) is 20.3 Å². The van der Waals surface area contributed by atoms with Gasteiger partial charge in [-0.05, 0) is 83.7 Å². The highest BCUT2D eigenvalue weighted by Gasteiger charge is 2.24. The molecule has 8 nitrogen and oxygen atoms in total. The highest BCUT2D eigenvalue weighted by Crippen LogP contribution is 2.29. The van der Waals surface area contributed by atoms with E-state index in [4.69, 9.17) is 5.73 Å². The van der Waals surface area contributed by atoms with Gasteiger partial charge in [0.25, 0.3) is 5.91 Å². The summed E-state index contributed by atoms with van der Waals surface area (Å²) in [6.07, 6.45) is 6.96. The molecule has 0 radical (unpaired) electrons. The van der Waals surface area contributed by atoms with Gasteiger partial charge in [-0.3, -0.25) is 9.20 Å². The number of likely N-dealkylation sites (tertiary alicyclic amines) is 1. The predicted octanol–water partition coefficient (Wildman–Crippen LogP) is 5.31. The third kappa shape index (κ3) is 5.42. The Morgan fingerprint density at radius 3 is 2.59 bits per heavy atom. The van der Waals surface area contributed by atoms with E-state index in [2.05, 4.69) is 36.0 Å². The molecule has 4 aromatic rings. The first-order chi connectivity index (χ1) is 17.9. The molecule has 3 N–H and O–H groups in total. The number of carbonyl (C=O) groups is 1. The van der Waals surface area contributed by atoms with Gasteiger partial charge in [0.15, 0.2) is 11.5 Å². The maximum Gasteiger partial charge on any atom is 0.387 e. The standard InChI is InChI=1S/C26H25BrF2N6O2/c27-21-13-18(3-6-20(21)25(36)34-10-7-16(14-30)8-11-34)33-23-24-32-15-22(35(24)12-9-31-23)17-1-4-19(5-2-17)37-26(28)29/h1-6,9,12-13,15-16,26H,7-8,10-11,14,30H2,(H,31,33). The van der Waals surface area contributed by atoms with Crippen molar-refractivity contribution in [3.05, 3.63) is 71.1 Å². The number of imidazole rings is 1. The number of ether oxygens (including phenoxy) is 1. The zero-order valence-corrected chi connectivity index (χ0v) is 21.4. The molecule has 0 aliphatic carbocycles. The van der Waals surface area contributed by atoms with E-state index in [0.29, 0.717) is 47.1 Å². The summed E-state index contributed by atoms with van der Waals surface area (Å²) in [6.45, 7) is -0.789. The van der Waals surface area contributed by atoms with Crippen molar-refractivity contribution in [1.29, 1.82) is 0 Å². The Bertz CT molecular complexity index is 1400. The van der Waals surface area contributed by atoms with Gasteiger partial charge >= 0.3 is 6.61 Å². The second kappa shape index (κ2) is 10.8. The topological polar surface area (TPSA) is 97.8 Å². The second-order valence-electron chi connectivity index (χ2n) is 8.81. The molecular weight excluding hydrogens is 546 g/mol. The zero-order valence-electron chi connectivity index (χ0n) is 19.8. The van der Waals surface area contributed by atoms with Crippen molar-refractivity contribution in [3.63, 3.8) is 0 Å². The van der Waals surface area contributed by atoms with Crippen LogP contribution in [0, 0.1) is 5.92 Å². The van der Waals surface area contributed by atoms with Gasteiger partial charge in [-0.2, -0.15) is 8.78 Å².